The summed E-state index contributed by atoms with van der Waals surface area (Å²) in [5, 5.41) is 8.57. The van der Waals surface area contributed by atoms with Crippen LogP contribution < -0.4 is 0 Å². The third-order valence-electron chi connectivity index (χ3n) is 1.65. The lowest BCUT2D eigenvalue weighted by Crippen LogP contribution is -2.34. The smallest absolute Gasteiger partial charge is 0.311 e. The van der Waals surface area contributed by atoms with Gasteiger partial charge >= 0.3 is 5.97 Å². The highest BCUT2D eigenvalue weighted by Crippen LogP contribution is 2.13. The maximum atomic E-state index is 10.4. The second-order valence-electron chi connectivity index (χ2n) is 2.59. The van der Waals surface area contributed by atoms with E-state index >= 15 is 0 Å². The van der Waals surface area contributed by atoms with Gasteiger partial charge in [-0.25, -0.2) is 0 Å². The van der Waals surface area contributed by atoms with Crippen LogP contribution in [0.3, 0.4) is 0 Å². The number of hydrogen-bond donors (Lipinski definition) is 1. The fourth-order valence-electron chi connectivity index (χ4n) is 0.911. The van der Waals surface area contributed by atoms with Crippen LogP contribution in [0.5, 0.6) is 0 Å². The Morgan fingerprint density at radius 2 is 2.09 bits per heavy atom. The molecule has 1 heterocycles. The van der Waals surface area contributed by atoms with E-state index in [0.29, 0.717) is 13.2 Å². The van der Waals surface area contributed by atoms with Crippen molar-refractivity contribution in [2.75, 3.05) is 13.2 Å². The summed E-state index contributed by atoms with van der Waals surface area (Å²) < 4.78 is 10.2. The van der Waals surface area contributed by atoms with Crippen molar-refractivity contribution in [1.29, 1.82) is 0 Å². The van der Waals surface area contributed by atoms with E-state index < -0.39 is 18.2 Å². The molecular weight excluding hydrogens is 148 g/mol. The maximum absolute atomic E-state index is 10.4. The topological polar surface area (TPSA) is 55.8 Å². The first kappa shape index (κ1) is 8.49. The van der Waals surface area contributed by atoms with Gasteiger partial charge in [-0.1, -0.05) is 0 Å². The van der Waals surface area contributed by atoms with Gasteiger partial charge < -0.3 is 14.6 Å². The molecule has 64 valence electrons. The molecule has 1 atom stereocenters. The molecular formula is C7H12O4. The Morgan fingerprint density at radius 3 is 2.55 bits per heavy atom. The maximum Gasteiger partial charge on any atom is 0.311 e. The molecule has 1 aliphatic heterocycles. The van der Waals surface area contributed by atoms with Gasteiger partial charge in [0, 0.05) is 0 Å². The Morgan fingerprint density at radius 1 is 1.55 bits per heavy atom. The lowest BCUT2D eigenvalue weighted by atomic mass is 10.2. The van der Waals surface area contributed by atoms with Crippen molar-refractivity contribution >= 4 is 5.97 Å². The predicted octanol–water partition coefficient (Wildman–Crippen LogP) is 0.470. The van der Waals surface area contributed by atoms with E-state index in [2.05, 4.69) is 0 Å². The van der Waals surface area contributed by atoms with E-state index in [1.54, 1.807) is 6.92 Å². The van der Waals surface area contributed by atoms with Crippen molar-refractivity contribution in [1.82, 2.24) is 0 Å². The number of carboxylic acids is 1. The minimum absolute atomic E-state index is 0.554. The van der Waals surface area contributed by atoms with Gasteiger partial charge in [0.15, 0.2) is 6.29 Å². The van der Waals surface area contributed by atoms with Crippen LogP contribution in [0.25, 0.3) is 0 Å². The molecule has 1 N–H and O–H groups in total. The zero-order valence-electron chi connectivity index (χ0n) is 6.45. The van der Waals surface area contributed by atoms with Crippen molar-refractivity contribution in [3.63, 3.8) is 0 Å². The van der Waals surface area contributed by atoms with Gasteiger partial charge in [-0.05, 0) is 13.3 Å². The number of hydrogen-bond acceptors (Lipinski definition) is 3. The Hall–Kier alpha value is -0.610. The number of rotatable bonds is 2. The number of aliphatic carboxylic acids is 1. The van der Waals surface area contributed by atoms with E-state index in [-0.39, 0.29) is 0 Å². The largest absolute Gasteiger partial charge is 0.481 e. The molecule has 1 aliphatic rings. The van der Waals surface area contributed by atoms with Crippen molar-refractivity contribution in [3.8, 4) is 0 Å². The monoisotopic (exact) mass is 160 g/mol. The molecule has 0 bridgehead atoms. The third-order valence-corrected chi connectivity index (χ3v) is 1.65. The van der Waals surface area contributed by atoms with Crippen LogP contribution in [0.2, 0.25) is 0 Å². The van der Waals surface area contributed by atoms with Crippen molar-refractivity contribution in [2.45, 2.75) is 19.6 Å². The zero-order chi connectivity index (χ0) is 8.27. The van der Waals surface area contributed by atoms with Gasteiger partial charge in [0.2, 0.25) is 0 Å². The molecule has 11 heavy (non-hydrogen) atoms. The molecule has 0 aromatic rings. The lowest BCUT2D eigenvalue weighted by Gasteiger charge is -2.25. The summed E-state index contributed by atoms with van der Waals surface area (Å²) in [6.07, 6.45) is 0.296. The summed E-state index contributed by atoms with van der Waals surface area (Å²) in [7, 11) is 0. The minimum Gasteiger partial charge on any atom is -0.481 e. The van der Waals surface area contributed by atoms with Gasteiger partial charge in [0.05, 0.1) is 13.2 Å². The van der Waals surface area contributed by atoms with Crippen molar-refractivity contribution in [3.05, 3.63) is 0 Å². The van der Waals surface area contributed by atoms with Crippen LogP contribution in [-0.2, 0) is 14.3 Å². The zero-order valence-corrected chi connectivity index (χ0v) is 6.45. The quantitative estimate of drug-likeness (QED) is 0.638. The first-order valence-electron chi connectivity index (χ1n) is 3.68. The van der Waals surface area contributed by atoms with Crippen LogP contribution in [0.1, 0.15) is 13.3 Å². The van der Waals surface area contributed by atoms with E-state index in [4.69, 9.17) is 14.6 Å². The average molecular weight is 160 g/mol. The molecule has 0 aliphatic carbocycles. The Balaban J connectivity index is 2.38. The highest BCUT2D eigenvalue weighted by molar-refractivity contribution is 5.69. The van der Waals surface area contributed by atoms with E-state index in [1.165, 1.54) is 0 Å². The average Bonchev–Trinajstić information content (AvgIpc) is 2.05. The van der Waals surface area contributed by atoms with Gasteiger partial charge in [-0.3, -0.25) is 4.79 Å². The fraction of sp³-hybridized carbons (Fsp3) is 0.857. The summed E-state index contributed by atoms with van der Waals surface area (Å²) >= 11 is 0. The van der Waals surface area contributed by atoms with Gasteiger partial charge in [0.1, 0.15) is 5.92 Å². The fourth-order valence-corrected chi connectivity index (χ4v) is 0.911. The van der Waals surface area contributed by atoms with E-state index in [0.717, 1.165) is 6.42 Å². The normalized spacial score (nSPS) is 23.0. The van der Waals surface area contributed by atoms with Crippen LogP contribution in [0.4, 0.5) is 0 Å². The molecule has 0 aromatic heterocycles. The lowest BCUT2D eigenvalue weighted by molar-refractivity contribution is -0.208. The second kappa shape index (κ2) is 3.69. The summed E-state index contributed by atoms with van der Waals surface area (Å²) in [6, 6.07) is 0. The van der Waals surface area contributed by atoms with E-state index in [9.17, 15) is 4.79 Å². The van der Waals surface area contributed by atoms with E-state index in [1.807, 2.05) is 0 Å². The molecule has 0 spiro atoms. The molecule has 0 amide bonds. The van der Waals surface area contributed by atoms with Gasteiger partial charge in [-0.15, -0.1) is 0 Å². The molecule has 1 saturated heterocycles. The van der Waals surface area contributed by atoms with Crippen LogP contribution >= 0.6 is 0 Å². The number of ether oxygens (including phenoxy) is 2. The Labute approximate surface area is 65.1 Å². The summed E-state index contributed by atoms with van der Waals surface area (Å²) in [5.41, 5.74) is 0. The van der Waals surface area contributed by atoms with Gasteiger partial charge in [-0.2, -0.15) is 0 Å². The number of carboxylic acid groups (broad SMARTS) is 1. The molecule has 1 fully saturated rings. The van der Waals surface area contributed by atoms with Crippen LogP contribution in [0, 0.1) is 5.92 Å². The molecule has 0 radical (unpaired) electrons. The first-order chi connectivity index (χ1) is 5.22. The third kappa shape index (κ3) is 2.17. The highest BCUT2D eigenvalue weighted by Gasteiger charge is 2.26. The Kier molecular flexibility index (Phi) is 2.84. The molecule has 4 heteroatoms. The molecule has 0 aromatic carbocycles. The first-order valence-corrected chi connectivity index (χ1v) is 3.68. The molecule has 4 nitrogen and oxygen atoms in total. The minimum atomic E-state index is -0.878. The van der Waals surface area contributed by atoms with Crippen molar-refractivity contribution < 1.29 is 19.4 Å². The predicted molar refractivity (Wildman–Crippen MR) is 37.1 cm³/mol. The SMILES string of the molecule is C[C@@H](C(=O)O)C1OCCCO1. The standard InChI is InChI=1S/C7H12O4/c1-5(6(8)9)7-10-3-2-4-11-7/h5,7H,2-4H2,1H3,(H,8,9)/t5-/m0/s1. The Bertz CT molecular complexity index is 139. The second-order valence-corrected chi connectivity index (χ2v) is 2.59. The molecule has 1 rings (SSSR count). The molecule has 0 saturated carbocycles. The summed E-state index contributed by atoms with van der Waals surface area (Å²) in [5.74, 6) is -1.45. The summed E-state index contributed by atoms with van der Waals surface area (Å²) in [6.45, 7) is 2.78. The van der Waals surface area contributed by atoms with Crippen LogP contribution in [0.15, 0.2) is 0 Å². The molecule has 0 unspecified atom stereocenters. The van der Waals surface area contributed by atoms with Gasteiger partial charge in [0.25, 0.3) is 0 Å². The number of carbonyl (C=O) groups is 1. The van der Waals surface area contributed by atoms with Crippen LogP contribution in [-0.4, -0.2) is 30.6 Å². The van der Waals surface area contributed by atoms with Crippen molar-refractivity contribution in [2.24, 2.45) is 5.92 Å². The summed E-state index contributed by atoms with van der Waals surface area (Å²) in [4.78, 5) is 10.4. The highest BCUT2D eigenvalue weighted by atomic mass is 16.7.